The van der Waals surface area contributed by atoms with Crippen LogP contribution in [0.5, 0.6) is 0 Å². The summed E-state index contributed by atoms with van der Waals surface area (Å²) in [4.78, 5) is 0. The van der Waals surface area contributed by atoms with Crippen molar-refractivity contribution in [3.05, 3.63) is 41.2 Å². The molecule has 3 rings (SSSR count). The first-order chi connectivity index (χ1) is 9.28. The number of aryl methyl sites for hydroxylation is 1. The van der Waals surface area contributed by atoms with Crippen molar-refractivity contribution in [2.75, 3.05) is 18.3 Å². The second-order valence-corrected chi connectivity index (χ2v) is 5.56. The zero-order valence-corrected chi connectivity index (χ0v) is 11.8. The molecule has 1 aliphatic heterocycles. The minimum Gasteiger partial charge on any atom is -0.377 e. The SMILES string of the molecule is COCc1nnc2n1NC(c1ccc(C)cc1)CS2. The number of methoxy groups -OCH3 is 1. The summed E-state index contributed by atoms with van der Waals surface area (Å²) in [5.41, 5.74) is 6.01. The summed E-state index contributed by atoms with van der Waals surface area (Å²) < 4.78 is 7.07. The summed E-state index contributed by atoms with van der Waals surface area (Å²) >= 11 is 1.71. The molecule has 19 heavy (non-hydrogen) atoms. The Kier molecular flexibility index (Phi) is 3.44. The van der Waals surface area contributed by atoms with Crippen molar-refractivity contribution < 1.29 is 4.74 Å². The Hall–Kier alpha value is -1.53. The number of thioether (sulfide) groups is 1. The number of hydrogen-bond donors (Lipinski definition) is 1. The van der Waals surface area contributed by atoms with Crippen LogP contribution in [0.15, 0.2) is 29.4 Å². The van der Waals surface area contributed by atoms with Crippen molar-refractivity contribution in [3.8, 4) is 0 Å². The molecule has 2 heterocycles. The van der Waals surface area contributed by atoms with Crippen molar-refractivity contribution >= 4 is 11.8 Å². The maximum absolute atomic E-state index is 5.14. The van der Waals surface area contributed by atoms with Crippen LogP contribution in [-0.4, -0.2) is 27.7 Å². The number of ether oxygens (including phenoxy) is 1. The highest BCUT2D eigenvalue weighted by Crippen LogP contribution is 2.29. The second kappa shape index (κ2) is 5.22. The van der Waals surface area contributed by atoms with Gasteiger partial charge in [0.1, 0.15) is 6.61 Å². The van der Waals surface area contributed by atoms with E-state index < -0.39 is 0 Å². The summed E-state index contributed by atoms with van der Waals surface area (Å²) in [6.45, 7) is 2.56. The number of fused-ring (bicyclic) bond motifs is 1. The van der Waals surface area contributed by atoms with Crippen LogP contribution >= 0.6 is 11.8 Å². The van der Waals surface area contributed by atoms with Gasteiger partial charge in [-0.2, -0.15) is 0 Å². The van der Waals surface area contributed by atoms with Crippen LogP contribution in [0.2, 0.25) is 0 Å². The Balaban J connectivity index is 1.84. The summed E-state index contributed by atoms with van der Waals surface area (Å²) in [6.07, 6.45) is 0. The lowest BCUT2D eigenvalue weighted by Gasteiger charge is -2.26. The minimum absolute atomic E-state index is 0.268. The summed E-state index contributed by atoms with van der Waals surface area (Å²) in [6, 6.07) is 8.88. The average molecular weight is 276 g/mol. The lowest BCUT2D eigenvalue weighted by atomic mass is 10.1. The molecule has 1 aromatic carbocycles. The van der Waals surface area contributed by atoms with Crippen LogP contribution in [0.1, 0.15) is 23.0 Å². The molecule has 1 aromatic heterocycles. The Morgan fingerprint density at radius 1 is 1.37 bits per heavy atom. The van der Waals surface area contributed by atoms with Crippen molar-refractivity contribution in [1.29, 1.82) is 0 Å². The van der Waals surface area contributed by atoms with E-state index in [-0.39, 0.29) is 6.04 Å². The molecule has 1 aliphatic rings. The third-order valence-corrected chi connectivity index (χ3v) is 4.14. The van der Waals surface area contributed by atoms with Gasteiger partial charge in [-0.15, -0.1) is 10.2 Å². The van der Waals surface area contributed by atoms with E-state index >= 15 is 0 Å². The molecular formula is C13H16N4OS. The molecule has 0 radical (unpaired) electrons. The highest BCUT2D eigenvalue weighted by atomic mass is 32.2. The van der Waals surface area contributed by atoms with Crippen LogP contribution in [0, 0.1) is 6.92 Å². The van der Waals surface area contributed by atoms with E-state index in [2.05, 4.69) is 46.8 Å². The molecule has 0 spiro atoms. The number of rotatable bonds is 3. The molecule has 0 saturated carbocycles. The maximum Gasteiger partial charge on any atom is 0.210 e. The number of nitrogens with one attached hydrogen (secondary N) is 1. The third kappa shape index (κ3) is 2.46. The highest BCUT2D eigenvalue weighted by molar-refractivity contribution is 7.99. The van der Waals surface area contributed by atoms with Gasteiger partial charge < -0.3 is 10.2 Å². The quantitative estimate of drug-likeness (QED) is 0.930. The standard InChI is InChI=1S/C13H16N4OS/c1-9-3-5-10(6-4-9)11-8-19-13-15-14-12(7-18-2)17(13)16-11/h3-6,11,16H,7-8H2,1-2H3. The Morgan fingerprint density at radius 2 is 2.16 bits per heavy atom. The van der Waals surface area contributed by atoms with Crippen LogP contribution in [0.25, 0.3) is 0 Å². The van der Waals surface area contributed by atoms with Gasteiger partial charge in [0.05, 0.1) is 6.04 Å². The topological polar surface area (TPSA) is 52.0 Å². The summed E-state index contributed by atoms with van der Waals surface area (Å²) in [5, 5.41) is 9.18. The molecule has 1 atom stereocenters. The normalized spacial score (nSPS) is 17.9. The molecule has 6 heteroatoms. The second-order valence-electron chi connectivity index (χ2n) is 4.57. The van der Waals surface area contributed by atoms with Gasteiger partial charge in [-0.1, -0.05) is 41.6 Å². The van der Waals surface area contributed by atoms with Gasteiger partial charge >= 0.3 is 0 Å². The van der Waals surface area contributed by atoms with E-state index in [4.69, 9.17) is 4.74 Å². The molecule has 0 amide bonds. The molecule has 100 valence electrons. The fourth-order valence-corrected chi connectivity index (χ4v) is 3.03. The van der Waals surface area contributed by atoms with Crippen molar-refractivity contribution in [2.24, 2.45) is 0 Å². The van der Waals surface area contributed by atoms with Crippen LogP contribution in [0.3, 0.4) is 0 Å². The predicted octanol–water partition coefficient (Wildman–Crippen LogP) is 2.12. The van der Waals surface area contributed by atoms with Crippen LogP contribution < -0.4 is 5.43 Å². The molecule has 0 aliphatic carbocycles. The van der Waals surface area contributed by atoms with Gasteiger partial charge in [-0.25, -0.2) is 4.68 Å². The molecule has 1 N–H and O–H groups in total. The van der Waals surface area contributed by atoms with Crippen LogP contribution in [-0.2, 0) is 11.3 Å². The predicted molar refractivity (Wildman–Crippen MR) is 74.7 cm³/mol. The Morgan fingerprint density at radius 3 is 2.89 bits per heavy atom. The molecular weight excluding hydrogens is 260 g/mol. The van der Waals surface area contributed by atoms with Crippen LogP contribution in [0.4, 0.5) is 0 Å². The minimum atomic E-state index is 0.268. The molecule has 0 fully saturated rings. The van der Waals surface area contributed by atoms with Gasteiger partial charge in [-0.05, 0) is 12.5 Å². The highest BCUT2D eigenvalue weighted by Gasteiger charge is 2.23. The fraction of sp³-hybridized carbons (Fsp3) is 0.385. The Labute approximate surface area is 116 Å². The first-order valence-electron chi connectivity index (χ1n) is 6.17. The van der Waals surface area contributed by atoms with E-state index in [1.807, 2.05) is 4.68 Å². The van der Waals surface area contributed by atoms with E-state index in [9.17, 15) is 0 Å². The molecule has 0 saturated heterocycles. The lowest BCUT2D eigenvalue weighted by Crippen LogP contribution is -2.29. The van der Waals surface area contributed by atoms with E-state index in [0.717, 1.165) is 16.7 Å². The monoisotopic (exact) mass is 276 g/mol. The number of hydrogen-bond acceptors (Lipinski definition) is 5. The fourth-order valence-electron chi connectivity index (χ4n) is 2.07. The summed E-state index contributed by atoms with van der Waals surface area (Å²) in [5.74, 6) is 1.76. The van der Waals surface area contributed by atoms with Crippen molar-refractivity contribution in [3.63, 3.8) is 0 Å². The summed E-state index contributed by atoms with van der Waals surface area (Å²) in [7, 11) is 1.66. The molecule has 1 unspecified atom stereocenters. The van der Waals surface area contributed by atoms with Crippen molar-refractivity contribution in [2.45, 2.75) is 24.7 Å². The number of nitrogens with zero attached hydrogens (tertiary/aromatic N) is 3. The largest absolute Gasteiger partial charge is 0.377 e. The van der Waals surface area contributed by atoms with Crippen molar-refractivity contribution in [1.82, 2.24) is 14.9 Å². The lowest BCUT2D eigenvalue weighted by molar-refractivity contribution is 0.174. The van der Waals surface area contributed by atoms with Gasteiger partial charge in [0.25, 0.3) is 0 Å². The zero-order chi connectivity index (χ0) is 13.2. The average Bonchev–Trinajstić information content (AvgIpc) is 2.83. The maximum atomic E-state index is 5.14. The zero-order valence-electron chi connectivity index (χ0n) is 11.0. The van der Waals surface area contributed by atoms with Gasteiger partial charge in [0.2, 0.25) is 5.16 Å². The molecule has 2 aromatic rings. The molecule has 0 bridgehead atoms. The van der Waals surface area contributed by atoms with Gasteiger partial charge in [-0.3, -0.25) is 0 Å². The third-order valence-electron chi connectivity index (χ3n) is 3.12. The van der Waals surface area contributed by atoms with E-state index in [1.165, 1.54) is 11.1 Å². The van der Waals surface area contributed by atoms with E-state index in [0.29, 0.717) is 6.61 Å². The smallest absolute Gasteiger partial charge is 0.210 e. The Bertz CT molecular complexity index is 567. The number of aromatic nitrogens is 3. The molecule has 5 nitrogen and oxygen atoms in total. The van der Waals surface area contributed by atoms with E-state index in [1.54, 1.807) is 18.9 Å². The first kappa shape index (κ1) is 12.5. The number of benzene rings is 1. The first-order valence-corrected chi connectivity index (χ1v) is 7.15. The van der Waals surface area contributed by atoms with Gasteiger partial charge in [0, 0.05) is 12.9 Å². The van der Waals surface area contributed by atoms with Gasteiger partial charge in [0.15, 0.2) is 5.82 Å².